The van der Waals surface area contributed by atoms with Crippen LogP contribution in [-0.2, 0) is 4.79 Å². The lowest BCUT2D eigenvalue weighted by molar-refractivity contribution is -0.121. The van der Waals surface area contributed by atoms with E-state index < -0.39 is 0 Å². The summed E-state index contributed by atoms with van der Waals surface area (Å²) >= 11 is 0. The van der Waals surface area contributed by atoms with E-state index in [-0.39, 0.29) is 6.04 Å². The first-order valence-corrected chi connectivity index (χ1v) is 7.22. The lowest BCUT2D eigenvalue weighted by atomic mass is 9.97. The fourth-order valence-corrected chi connectivity index (χ4v) is 2.77. The number of pyridine rings is 1. The van der Waals surface area contributed by atoms with Gasteiger partial charge in [-0.2, -0.15) is 0 Å². The molecule has 4 heteroatoms. The van der Waals surface area contributed by atoms with Crippen molar-refractivity contribution in [3.63, 3.8) is 0 Å². The third kappa shape index (κ3) is 3.06. The van der Waals surface area contributed by atoms with E-state index in [1.54, 1.807) is 0 Å². The minimum absolute atomic E-state index is 0.213. The Labute approximate surface area is 115 Å². The van der Waals surface area contributed by atoms with Crippen molar-refractivity contribution in [2.75, 3.05) is 24.5 Å². The molecular formula is C15H23N3O. The summed E-state index contributed by atoms with van der Waals surface area (Å²) < 4.78 is 0. The van der Waals surface area contributed by atoms with Crippen LogP contribution < -0.4 is 4.90 Å². The Morgan fingerprint density at radius 2 is 2.16 bits per heavy atom. The van der Waals surface area contributed by atoms with E-state index in [4.69, 9.17) is 0 Å². The van der Waals surface area contributed by atoms with Gasteiger partial charge in [0.2, 0.25) is 6.41 Å². The van der Waals surface area contributed by atoms with Gasteiger partial charge in [0.1, 0.15) is 5.82 Å². The summed E-state index contributed by atoms with van der Waals surface area (Å²) in [6, 6.07) is 4.40. The molecule has 0 bridgehead atoms. The normalized spacial score (nSPS) is 19.3. The maximum Gasteiger partial charge on any atom is 0.210 e. The quantitative estimate of drug-likeness (QED) is 0.764. The highest BCUT2D eigenvalue weighted by Crippen LogP contribution is 2.29. The van der Waals surface area contributed by atoms with Crippen LogP contribution in [0.1, 0.15) is 44.7 Å². The number of piperidine rings is 1. The Morgan fingerprint density at radius 1 is 1.37 bits per heavy atom. The zero-order valence-electron chi connectivity index (χ0n) is 11.9. The van der Waals surface area contributed by atoms with E-state index in [9.17, 15) is 4.79 Å². The SMILES string of the molecule is CCN(CC)c1ccc(C2CCCCN2C=O)cn1. The highest BCUT2D eigenvalue weighted by molar-refractivity contribution is 5.49. The number of anilines is 1. The van der Waals surface area contributed by atoms with Crippen molar-refractivity contribution in [3.8, 4) is 0 Å². The van der Waals surface area contributed by atoms with Crippen LogP contribution in [-0.4, -0.2) is 35.9 Å². The summed E-state index contributed by atoms with van der Waals surface area (Å²) in [7, 11) is 0. The summed E-state index contributed by atoms with van der Waals surface area (Å²) in [5, 5.41) is 0. The van der Waals surface area contributed by atoms with Gasteiger partial charge in [0.25, 0.3) is 0 Å². The van der Waals surface area contributed by atoms with Crippen LogP contribution in [0.5, 0.6) is 0 Å². The maximum atomic E-state index is 11.1. The molecule has 1 aliphatic heterocycles. The molecule has 2 heterocycles. The Kier molecular flexibility index (Phi) is 4.77. The highest BCUT2D eigenvalue weighted by Gasteiger charge is 2.22. The first-order chi connectivity index (χ1) is 9.30. The molecule has 1 aromatic rings. The molecule has 0 aliphatic carbocycles. The van der Waals surface area contributed by atoms with Crippen molar-refractivity contribution in [2.24, 2.45) is 0 Å². The molecule has 2 rings (SSSR count). The molecule has 0 saturated carbocycles. The van der Waals surface area contributed by atoms with Crippen molar-refractivity contribution in [2.45, 2.75) is 39.2 Å². The molecule has 0 aromatic carbocycles. The van der Waals surface area contributed by atoms with E-state index in [0.717, 1.165) is 50.3 Å². The Hall–Kier alpha value is -1.58. The first-order valence-electron chi connectivity index (χ1n) is 7.22. The summed E-state index contributed by atoms with van der Waals surface area (Å²) in [4.78, 5) is 19.8. The molecule has 19 heavy (non-hydrogen) atoms. The fraction of sp³-hybridized carbons (Fsp3) is 0.600. The predicted molar refractivity (Wildman–Crippen MR) is 77.2 cm³/mol. The molecule has 1 fully saturated rings. The number of carbonyl (C=O) groups excluding carboxylic acids is 1. The van der Waals surface area contributed by atoms with Crippen LogP contribution in [0.4, 0.5) is 5.82 Å². The molecule has 0 radical (unpaired) electrons. The van der Waals surface area contributed by atoms with Gasteiger partial charge >= 0.3 is 0 Å². The Morgan fingerprint density at radius 3 is 2.74 bits per heavy atom. The van der Waals surface area contributed by atoms with Gasteiger partial charge in [-0.3, -0.25) is 4.79 Å². The number of nitrogens with zero attached hydrogens (tertiary/aromatic N) is 3. The maximum absolute atomic E-state index is 11.1. The largest absolute Gasteiger partial charge is 0.357 e. The van der Waals surface area contributed by atoms with Crippen LogP contribution in [0.2, 0.25) is 0 Å². The van der Waals surface area contributed by atoms with E-state index in [2.05, 4.69) is 35.9 Å². The number of rotatable bonds is 5. The van der Waals surface area contributed by atoms with Crippen LogP contribution in [0.15, 0.2) is 18.3 Å². The second kappa shape index (κ2) is 6.55. The van der Waals surface area contributed by atoms with Crippen LogP contribution in [0, 0.1) is 0 Å². The molecule has 0 spiro atoms. The third-order valence-corrected chi connectivity index (χ3v) is 3.92. The van der Waals surface area contributed by atoms with Crippen LogP contribution in [0.3, 0.4) is 0 Å². The second-order valence-corrected chi connectivity index (χ2v) is 4.98. The predicted octanol–water partition coefficient (Wildman–Crippen LogP) is 2.61. The topological polar surface area (TPSA) is 36.4 Å². The van der Waals surface area contributed by atoms with Crippen LogP contribution >= 0.6 is 0 Å². The molecule has 0 N–H and O–H groups in total. The summed E-state index contributed by atoms with van der Waals surface area (Å²) in [6.07, 6.45) is 6.25. The monoisotopic (exact) mass is 261 g/mol. The van der Waals surface area contributed by atoms with E-state index >= 15 is 0 Å². The average Bonchev–Trinajstić information content (AvgIpc) is 2.49. The van der Waals surface area contributed by atoms with Gasteiger partial charge in [0.05, 0.1) is 6.04 Å². The lowest BCUT2D eigenvalue weighted by Crippen LogP contribution is -2.32. The van der Waals surface area contributed by atoms with E-state index in [0.29, 0.717) is 0 Å². The molecule has 1 atom stereocenters. The molecule has 1 unspecified atom stereocenters. The zero-order chi connectivity index (χ0) is 13.7. The van der Waals surface area contributed by atoms with Crippen molar-refractivity contribution in [3.05, 3.63) is 23.9 Å². The first kappa shape index (κ1) is 13.8. The fourth-order valence-electron chi connectivity index (χ4n) is 2.77. The smallest absolute Gasteiger partial charge is 0.210 e. The number of hydrogen-bond acceptors (Lipinski definition) is 3. The van der Waals surface area contributed by atoms with Crippen molar-refractivity contribution in [1.29, 1.82) is 0 Å². The molecule has 1 amide bonds. The number of likely N-dealkylation sites (tertiary alicyclic amines) is 1. The Bertz CT molecular complexity index is 400. The van der Waals surface area contributed by atoms with Gasteiger partial charge in [-0.05, 0) is 44.7 Å². The molecule has 104 valence electrons. The molecule has 4 nitrogen and oxygen atoms in total. The van der Waals surface area contributed by atoms with Crippen molar-refractivity contribution >= 4 is 12.2 Å². The summed E-state index contributed by atoms with van der Waals surface area (Å²) in [5.41, 5.74) is 1.16. The number of amides is 1. The second-order valence-electron chi connectivity index (χ2n) is 4.98. The number of aromatic nitrogens is 1. The third-order valence-electron chi connectivity index (χ3n) is 3.92. The molecular weight excluding hydrogens is 238 g/mol. The van der Waals surface area contributed by atoms with Gasteiger partial charge in [-0.15, -0.1) is 0 Å². The average molecular weight is 261 g/mol. The van der Waals surface area contributed by atoms with E-state index in [1.165, 1.54) is 6.42 Å². The Balaban J connectivity index is 2.14. The van der Waals surface area contributed by atoms with Crippen LogP contribution in [0.25, 0.3) is 0 Å². The van der Waals surface area contributed by atoms with Gasteiger partial charge in [-0.1, -0.05) is 6.07 Å². The summed E-state index contributed by atoms with van der Waals surface area (Å²) in [5.74, 6) is 1.02. The molecule has 1 aromatic heterocycles. The van der Waals surface area contributed by atoms with Gasteiger partial charge < -0.3 is 9.80 Å². The standard InChI is InChI=1S/C15H23N3O/c1-3-17(4-2)15-9-8-13(11-16-15)14-7-5-6-10-18(14)12-19/h8-9,11-12,14H,3-7,10H2,1-2H3. The van der Waals surface area contributed by atoms with Gasteiger partial charge in [0, 0.05) is 25.8 Å². The van der Waals surface area contributed by atoms with Gasteiger partial charge in [-0.25, -0.2) is 4.98 Å². The molecule has 1 aliphatic rings. The number of hydrogen-bond donors (Lipinski definition) is 0. The highest BCUT2D eigenvalue weighted by atomic mass is 16.1. The molecule has 1 saturated heterocycles. The zero-order valence-corrected chi connectivity index (χ0v) is 11.9. The van der Waals surface area contributed by atoms with E-state index in [1.807, 2.05) is 11.1 Å². The van der Waals surface area contributed by atoms with Gasteiger partial charge in [0.15, 0.2) is 0 Å². The van der Waals surface area contributed by atoms with Crippen molar-refractivity contribution < 1.29 is 4.79 Å². The minimum atomic E-state index is 0.213. The number of carbonyl (C=O) groups is 1. The lowest BCUT2D eigenvalue weighted by Gasteiger charge is -2.33. The summed E-state index contributed by atoms with van der Waals surface area (Å²) in [6.45, 7) is 7.06. The minimum Gasteiger partial charge on any atom is -0.357 e. The van der Waals surface area contributed by atoms with Crippen molar-refractivity contribution in [1.82, 2.24) is 9.88 Å².